The lowest BCUT2D eigenvalue weighted by Crippen LogP contribution is -2.35. The number of aromatic nitrogens is 2. The predicted molar refractivity (Wildman–Crippen MR) is 145 cm³/mol. The summed E-state index contributed by atoms with van der Waals surface area (Å²) in [6, 6.07) is 9.67. The van der Waals surface area contributed by atoms with Gasteiger partial charge in [0.2, 0.25) is 0 Å². The molecule has 198 valence electrons. The van der Waals surface area contributed by atoms with E-state index in [0.29, 0.717) is 16.0 Å². The lowest BCUT2D eigenvalue weighted by molar-refractivity contribution is 0.256. The summed E-state index contributed by atoms with van der Waals surface area (Å²) in [6.07, 6.45) is 3.58. The molecule has 1 aliphatic rings. The fourth-order valence-electron chi connectivity index (χ4n) is 4.04. The lowest BCUT2D eigenvalue weighted by atomic mass is 9.85. The zero-order chi connectivity index (χ0) is 27.0. The van der Waals surface area contributed by atoms with Gasteiger partial charge in [-0.25, -0.2) is 31.7 Å². The van der Waals surface area contributed by atoms with Gasteiger partial charge in [-0.3, -0.25) is 4.79 Å². The van der Waals surface area contributed by atoms with E-state index in [-0.39, 0.29) is 25.3 Å². The average molecular weight is 578 g/mol. The Kier molecular flexibility index (Phi) is 6.99. The van der Waals surface area contributed by atoms with Crippen LogP contribution in [0.4, 0.5) is 20.6 Å². The quantitative estimate of drug-likeness (QED) is 0.259. The molecular weight excluding hydrogens is 557 g/mol. The number of hydrogen-bond donors (Lipinski definition) is 4. The van der Waals surface area contributed by atoms with Crippen molar-refractivity contribution in [3.8, 4) is 5.69 Å². The van der Waals surface area contributed by atoms with Crippen LogP contribution in [-0.2, 0) is 10.0 Å². The lowest BCUT2D eigenvalue weighted by Gasteiger charge is -2.25. The highest BCUT2D eigenvalue weighted by atomic mass is 35.5. The molecule has 2 amide bonds. The first-order chi connectivity index (χ1) is 18.1. The molecule has 2 aromatic heterocycles. The molecule has 0 spiro atoms. The summed E-state index contributed by atoms with van der Waals surface area (Å²) in [5, 5.41) is 5.71. The van der Waals surface area contributed by atoms with Gasteiger partial charge in [0.15, 0.2) is 0 Å². The maximum absolute atomic E-state index is 15.0. The van der Waals surface area contributed by atoms with E-state index in [1.807, 2.05) is 0 Å². The number of anilines is 2. The maximum Gasteiger partial charge on any atom is 0.333 e. The fraction of sp³-hybridized carbons (Fsp3) is 0.208. The highest BCUT2D eigenvalue weighted by molar-refractivity contribution is 7.92. The first-order valence-corrected chi connectivity index (χ1v) is 14.2. The van der Waals surface area contributed by atoms with Crippen LogP contribution in [0, 0.1) is 11.7 Å². The molecule has 0 aliphatic heterocycles. The second-order valence-electron chi connectivity index (χ2n) is 8.79. The summed E-state index contributed by atoms with van der Waals surface area (Å²) in [6.45, 7) is 0.810. The largest absolute Gasteiger partial charge is 0.385 e. The number of benzene rings is 2. The molecule has 0 atom stereocenters. The summed E-state index contributed by atoms with van der Waals surface area (Å²) in [5.74, 6) is -0.366. The number of sulfonamides is 1. The second kappa shape index (κ2) is 10.2. The van der Waals surface area contributed by atoms with Gasteiger partial charge in [-0.1, -0.05) is 18.0 Å². The number of hydrogen-bond acceptors (Lipinski definition) is 7. The number of rotatable bonds is 7. The maximum atomic E-state index is 15.0. The minimum Gasteiger partial charge on any atom is -0.385 e. The van der Waals surface area contributed by atoms with Crippen molar-refractivity contribution in [2.45, 2.75) is 23.5 Å². The van der Waals surface area contributed by atoms with E-state index in [1.54, 1.807) is 22.9 Å². The van der Waals surface area contributed by atoms with Gasteiger partial charge in [0.25, 0.3) is 15.6 Å². The van der Waals surface area contributed by atoms with Crippen LogP contribution in [0.15, 0.2) is 62.3 Å². The Hall–Kier alpha value is -3.68. The molecule has 5 rings (SSSR count). The van der Waals surface area contributed by atoms with E-state index in [4.69, 9.17) is 11.6 Å². The molecule has 38 heavy (non-hydrogen) atoms. The summed E-state index contributed by atoms with van der Waals surface area (Å²) in [7, 11) is -4.18. The third kappa shape index (κ3) is 5.30. The Morgan fingerprint density at radius 3 is 2.53 bits per heavy atom. The van der Waals surface area contributed by atoms with Crippen molar-refractivity contribution >= 4 is 61.3 Å². The minimum absolute atomic E-state index is 0.101. The number of amides is 2. The van der Waals surface area contributed by atoms with Crippen molar-refractivity contribution in [1.29, 1.82) is 0 Å². The molecule has 2 aromatic carbocycles. The number of nitrogens with zero attached hydrogens (tertiary/aromatic N) is 1. The number of carbonyl (C=O) groups is 1. The normalized spacial score (nSPS) is 13.7. The first-order valence-electron chi connectivity index (χ1n) is 11.5. The summed E-state index contributed by atoms with van der Waals surface area (Å²) in [4.78, 5) is 40.7. The van der Waals surface area contributed by atoms with E-state index in [9.17, 15) is 22.8 Å². The SMILES string of the molecule is O=C(Nc1ccc(-n2c(=O)[nH]c3cc(NCC4CCC4)ccc3c2=O)c(F)c1)NS(=O)(=O)c1ccc(Cl)s1. The topological polar surface area (TPSA) is 142 Å². The molecule has 0 saturated heterocycles. The highest BCUT2D eigenvalue weighted by Gasteiger charge is 2.21. The van der Waals surface area contributed by atoms with Crippen LogP contribution in [-0.4, -0.2) is 30.5 Å². The molecule has 4 N–H and O–H groups in total. The van der Waals surface area contributed by atoms with Gasteiger partial charge in [-0.05, 0) is 67.3 Å². The zero-order valence-corrected chi connectivity index (χ0v) is 22.0. The Bertz CT molecular complexity index is 1780. The smallest absolute Gasteiger partial charge is 0.333 e. The zero-order valence-electron chi connectivity index (χ0n) is 19.6. The van der Waals surface area contributed by atoms with E-state index in [0.717, 1.165) is 35.7 Å². The van der Waals surface area contributed by atoms with Crippen LogP contribution in [0.5, 0.6) is 0 Å². The van der Waals surface area contributed by atoms with Gasteiger partial charge < -0.3 is 15.6 Å². The molecule has 14 heteroatoms. The Balaban J connectivity index is 1.36. The third-order valence-electron chi connectivity index (χ3n) is 6.20. The van der Waals surface area contributed by atoms with Crippen LogP contribution in [0.3, 0.4) is 0 Å². The molecule has 2 heterocycles. The van der Waals surface area contributed by atoms with E-state index >= 15 is 4.39 Å². The predicted octanol–water partition coefficient (Wildman–Crippen LogP) is 4.26. The molecule has 10 nitrogen and oxygen atoms in total. The molecule has 0 unspecified atom stereocenters. The molecular formula is C24H21ClFN5O5S2. The van der Waals surface area contributed by atoms with Gasteiger partial charge in [0.05, 0.1) is 20.9 Å². The van der Waals surface area contributed by atoms with Crippen molar-refractivity contribution in [2.75, 3.05) is 17.2 Å². The van der Waals surface area contributed by atoms with Gasteiger partial charge in [0, 0.05) is 17.9 Å². The summed E-state index contributed by atoms with van der Waals surface area (Å²) >= 11 is 6.50. The number of H-pyrrole nitrogens is 1. The van der Waals surface area contributed by atoms with Crippen molar-refractivity contribution in [3.63, 3.8) is 0 Å². The number of halogens is 2. The molecule has 4 aromatic rings. The van der Waals surface area contributed by atoms with Crippen molar-refractivity contribution in [1.82, 2.24) is 14.3 Å². The second-order valence-corrected chi connectivity index (χ2v) is 12.4. The molecule has 0 radical (unpaired) electrons. The summed E-state index contributed by atoms with van der Waals surface area (Å²) in [5.41, 5.74) is -0.906. The number of thiophene rings is 1. The number of urea groups is 1. The molecule has 1 aliphatic carbocycles. The molecule has 0 bridgehead atoms. The average Bonchev–Trinajstić information content (AvgIpc) is 3.26. The van der Waals surface area contributed by atoms with Crippen LogP contribution < -0.4 is 26.6 Å². The first kappa shape index (κ1) is 25.9. The van der Waals surface area contributed by atoms with E-state index in [1.165, 1.54) is 37.5 Å². The summed E-state index contributed by atoms with van der Waals surface area (Å²) < 4.78 is 42.0. The van der Waals surface area contributed by atoms with Gasteiger partial charge >= 0.3 is 11.7 Å². The van der Waals surface area contributed by atoms with E-state index < -0.39 is 33.1 Å². The number of carbonyl (C=O) groups excluding carboxylic acids is 1. The Morgan fingerprint density at radius 1 is 1.11 bits per heavy atom. The monoisotopic (exact) mass is 577 g/mol. The van der Waals surface area contributed by atoms with Crippen LogP contribution >= 0.6 is 22.9 Å². The fourth-order valence-corrected chi connectivity index (χ4v) is 6.43. The Labute approximate surface area is 224 Å². The van der Waals surface area contributed by atoms with Crippen LogP contribution in [0.1, 0.15) is 19.3 Å². The van der Waals surface area contributed by atoms with Gasteiger partial charge in [-0.2, -0.15) is 0 Å². The molecule has 1 saturated carbocycles. The van der Waals surface area contributed by atoms with Crippen molar-refractivity contribution < 1.29 is 17.6 Å². The van der Waals surface area contributed by atoms with E-state index in [2.05, 4.69) is 15.6 Å². The highest BCUT2D eigenvalue weighted by Crippen LogP contribution is 2.27. The van der Waals surface area contributed by atoms with Gasteiger partial charge in [0.1, 0.15) is 10.0 Å². The number of aromatic amines is 1. The molecule has 1 fully saturated rings. The Morgan fingerprint density at radius 2 is 1.87 bits per heavy atom. The van der Waals surface area contributed by atoms with Crippen LogP contribution in [0.2, 0.25) is 4.34 Å². The van der Waals surface area contributed by atoms with Gasteiger partial charge in [-0.15, -0.1) is 11.3 Å². The van der Waals surface area contributed by atoms with Crippen LogP contribution in [0.25, 0.3) is 16.6 Å². The number of nitrogens with one attached hydrogen (secondary N) is 4. The minimum atomic E-state index is -4.18. The third-order valence-corrected chi connectivity index (χ3v) is 9.26. The standard InChI is InChI=1S/C24H21ClFN5O5S2/c25-20-8-9-21(37-20)38(35,36)30-23(33)28-15-5-7-19(17(26)10-15)31-22(32)16-6-4-14(11-18(16)29-24(31)34)27-12-13-2-1-3-13/h4-11,13,27H,1-3,12H2,(H,29,34)(H2,28,30,33). The number of fused-ring (bicyclic) bond motifs is 1. The van der Waals surface area contributed by atoms with Crippen molar-refractivity contribution in [3.05, 3.63) is 79.5 Å². The van der Waals surface area contributed by atoms with Crippen molar-refractivity contribution in [2.24, 2.45) is 5.92 Å².